The molecule has 0 bridgehead atoms. The molecule has 5 nitrogen and oxygen atoms in total. The maximum Gasteiger partial charge on any atom is 0.119 e. The zero-order chi connectivity index (χ0) is 20.8. The zero-order valence-corrected chi connectivity index (χ0v) is 18.4. The van der Waals surface area contributed by atoms with Gasteiger partial charge in [-0.05, 0) is 66.8 Å². The van der Waals surface area contributed by atoms with Crippen LogP contribution in [0.4, 0.5) is 11.4 Å². The van der Waals surface area contributed by atoms with Crippen LogP contribution < -0.4 is 15.0 Å². The van der Waals surface area contributed by atoms with E-state index in [1.807, 2.05) is 12.1 Å². The van der Waals surface area contributed by atoms with Gasteiger partial charge in [0.25, 0.3) is 0 Å². The summed E-state index contributed by atoms with van der Waals surface area (Å²) in [5.41, 5.74) is 5.37. The van der Waals surface area contributed by atoms with Crippen LogP contribution in [0.3, 0.4) is 0 Å². The largest absolute Gasteiger partial charge is 0.497 e. The maximum atomic E-state index is 6.16. The lowest BCUT2D eigenvalue weighted by molar-refractivity contribution is 0.0289. The summed E-state index contributed by atoms with van der Waals surface area (Å²) in [6.07, 6.45) is 3.47. The first-order valence-electron chi connectivity index (χ1n) is 11.4. The zero-order valence-electron chi connectivity index (χ0n) is 18.4. The first-order valence-corrected chi connectivity index (χ1v) is 11.4. The van der Waals surface area contributed by atoms with Crippen molar-refractivity contribution in [2.24, 2.45) is 0 Å². The molecular formula is C25H35N3O2. The summed E-state index contributed by atoms with van der Waals surface area (Å²) in [6, 6.07) is 15.2. The number of hydrogen-bond donors (Lipinski definition) is 1. The van der Waals surface area contributed by atoms with Crippen molar-refractivity contribution in [2.75, 3.05) is 63.2 Å². The van der Waals surface area contributed by atoms with E-state index in [1.54, 1.807) is 7.11 Å². The number of benzene rings is 2. The maximum absolute atomic E-state index is 6.16. The first kappa shape index (κ1) is 21.0. The molecule has 0 saturated carbocycles. The molecule has 0 aromatic heterocycles. The summed E-state index contributed by atoms with van der Waals surface area (Å²) >= 11 is 0. The molecule has 2 aromatic rings. The van der Waals surface area contributed by atoms with Gasteiger partial charge in [0.1, 0.15) is 5.75 Å². The van der Waals surface area contributed by atoms with Crippen LogP contribution in [0, 0.1) is 0 Å². The number of nitrogens with zero attached hydrogens (tertiary/aromatic N) is 2. The van der Waals surface area contributed by atoms with Gasteiger partial charge in [-0.3, -0.25) is 4.90 Å². The SMILES string of the molecule is CCCNc1ccc2c(c1)CCO[C@H]2CCN1CCN(c2ccc(OC)cc2)CC1. The van der Waals surface area contributed by atoms with E-state index in [4.69, 9.17) is 9.47 Å². The minimum atomic E-state index is 0.230. The minimum Gasteiger partial charge on any atom is -0.497 e. The lowest BCUT2D eigenvalue weighted by atomic mass is 9.95. The number of methoxy groups -OCH3 is 1. The summed E-state index contributed by atoms with van der Waals surface area (Å²) in [5.74, 6) is 0.915. The van der Waals surface area contributed by atoms with Gasteiger partial charge in [0, 0.05) is 50.6 Å². The Morgan fingerprint density at radius 2 is 1.87 bits per heavy atom. The van der Waals surface area contributed by atoms with Gasteiger partial charge in [0.2, 0.25) is 0 Å². The summed E-state index contributed by atoms with van der Waals surface area (Å²) in [7, 11) is 1.71. The number of nitrogens with one attached hydrogen (secondary N) is 1. The van der Waals surface area contributed by atoms with E-state index in [0.29, 0.717) is 0 Å². The van der Waals surface area contributed by atoms with Crippen LogP contribution >= 0.6 is 0 Å². The third-order valence-corrected chi connectivity index (χ3v) is 6.28. The molecule has 4 rings (SSSR count). The third-order valence-electron chi connectivity index (χ3n) is 6.28. The van der Waals surface area contributed by atoms with Crippen LogP contribution in [-0.2, 0) is 11.2 Å². The van der Waals surface area contributed by atoms with Crippen LogP contribution in [-0.4, -0.2) is 57.9 Å². The first-order chi connectivity index (χ1) is 14.8. The second-order valence-electron chi connectivity index (χ2n) is 8.27. The predicted molar refractivity (Wildman–Crippen MR) is 124 cm³/mol. The fourth-order valence-electron chi connectivity index (χ4n) is 4.48. The van der Waals surface area contributed by atoms with E-state index in [2.05, 4.69) is 52.4 Å². The standard InChI is InChI=1S/C25H35N3O2/c1-3-12-26-21-4-9-24-20(19-21)11-18-30-25(24)10-13-27-14-16-28(17-15-27)22-5-7-23(29-2)8-6-22/h4-9,19,25-26H,3,10-18H2,1-2H3/t25-/m0/s1. The summed E-state index contributed by atoms with van der Waals surface area (Å²) in [5, 5.41) is 3.51. The van der Waals surface area contributed by atoms with Crippen LogP contribution in [0.1, 0.15) is 37.0 Å². The smallest absolute Gasteiger partial charge is 0.119 e. The Labute approximate surface area is 181 Å². The average molecular weight is 410 g/mol. The summed E-state index contributed by atoms with van der Waals surface area (Å²) in [6.45, 7) is 9.50. The van der Waals surface area contributed by atoms with E-state index in [1.165, 1.54) is 22.5 Å². The van der Waals surface area contributed by atoms with Crippen molar-refractivity contribution in [1.82, 2.24) is 4.90 Å². The van der Waals surface area contributed by atoms with Gasteiger partial charge >= 0.3 is 0 Å². The normalized spacial score (nSPS) is 19.4. The molecule has 0 unspecified atom stereocenters. The molecule has 5 heteroatoms. The number of piperazine rings is 1. The number of ether oxygens (including phenoxy) is 2. The van der Waals surface area contributed by atoms with Crippen LogP contribution in [0.25, 0.3) is 0 Å². The molecule has 162 valence electrons. The molecular weight excluding hydrogens is 374 g/mol. The van der Waals surface area contributed by atoms with E-state index < -0.39 is 0 Å². The van der Waals surface area contributed by atoms with Gasteiger partial charge < -0.3 is 19.7 Å². The molecule has 2 aliphatic heterocycles. The second-order valence-corrected chi connectivity index (χ2v) is 8.27. The molecule has 0 amide bonds. The molecule has 2 heterocycles. The van der Waals surface area contributed by atoms with Crippen molar-refractivity contribution in [1.29, 1.82) is 0 Å². The molecule has 1 atom stereocenters. The van der Waals surface area contributed by atoms with Gasteiger partial charge in [0.05, 0.1) is 19.8 Å². The van der Waals surface area contributed by atoms with Crippen molar-refractivity contribution < 1.29 is 9.47 Å². The lowest BCUT2D eigenvalue weighted by Gasteiger charge is -2.37. The van der Waals surface area contributed by atoms with Crippen LogP contribution in [0.2, 0.25) is 0 Å². The number of rotatable bonds is 8. The molecule has 30 heavy (non-hydrogen) atoms. The van der Waals surface area contributed by atoms with Crippen molar-refractivity contribution in [3.63, 3.8) is 0 Å². The van der Waals surface area contributed by atoms with Gasteiger partial charge in [0.15, 0.2) is 0 Å². The van der Waals surface area contributed by atoms with E-state index >= 15 is 0 Å². The monoisotopic (exact) mass is 409 g/mol. The highest BCUT2D eigenvalue weighted by Gasteiger charge is 2.23. The Hall–Kier alpha value is -2.24. The Morgan fingerprint density at radius 3 is 2.60 bits per heavy atom. The van der Waals surface area contributed by atoms with E-state index in [0.717, 1.165) is 70.9 Å². The van der Waals surface area contributed by atoms with Crippen LogP contribution in [0.15, 0.2) is 42.5 Å². The molecule has 0 aliphatic carbocycles. The van der Waals surface area contributed by atoms with Gasteiger partial charge in [-0.25, -0.2) is 0 Å². The number of fused-ring (bicyclic) bond motifs is 1. The Balaban J connectivity index is 1.28. The molecule has 1 fully saturated rings. The second kappa shape index (κ2) is 10.2. The Kier molecular flexibility index (Phi) is 7.13. The van der Waals surface area contributed by atoms with E-state index in [-0.39, 0.29) is 6.10 Å². The predicted octanol–water partition coefficient (Wildman–Crippen LogP) is 4.34. The minimum absolute atomic E-state index is 0.230. The third kappa shape index (κ3) is 5.08. The molecule has 0 spiro atoms. The fourth-order valence-corrected chi connectivity index (χ4v) is 4.48. The number of anilines is 2. The highest BCUT2D eigenvalue weighted by Crippen LogP contribution is 2.32. The highest BCUT2D eigenvalue weighted by atomic mass is 16.5. The highest BCUT2D eigenvalue weighted by molar-refractivity contribution is 5.50. The molecule has 2 aromatic carbocycles. The lowest BCUT2D eigenvalue weighted by Crippen LogP contribution is -2.46. The molecule has 1 saturated heterocycles. The molecule has 0 radical (unpaired) electrons. The average Bonchev–Trinajstić information content (AvgIpc) is 2.81. The Morgan fingerprint density at radius 1 is 1.07 bits per heavy atom. The summed E-state index contributed by atoms with van der Waals surface area (Å²) in [4.78, 5) is 5.04. The Bertz CT molecular complexity index is 801. The molecule has 2 aliphatic rings. The quantitative estimate of drug-likeness (QED) is 0.702. The van der Waals surface area contributed by atoms with Crippen LogP contribution in [0.5, 0.6) is 5.75 Å². The van der Waals surface area contributed by atoms with Crippen molar-refractivity contribution >= 4 is 11.4 Å². The number of hydrogen-bond acceptors (Lipinski definition) is 5. The van der Waals surface area contributed by atoms with Gasteiger partial charge in [-0.2, -0.15) is 0 Å². The summed E-state index contributed by atoms with van der Waals surface area (Å²) < 4.78 is 11.4. The van der Waals surface area contributed by atoms with Crippen molar-refractivity contribution in [3.05, 3.63) is 53.6 Å². The molecule has 1 N–H and O–H groups in total. The van der Waals surface area contributed by atoms with Gasteiger partial charge in [-0.15, -0.1) is 0 Å². The fraction of sp³-hybridized carbons (Fsp3) is 0.520. The van der Waals surface area contributed by atoms with E-state index in [9.17, 15) is 0 Å². The topological polar surface area (TPSA) is 37.0 Å². The van der Waals surface area contributed by atoms with Crippen molar-refractivity contribution in [3.8, 4) is 5.75 Å². The van der Waals surface area contributed by atoms with Crippen molar-refractivity contribution in [2.45, 2.75) is 32.3 Å². The van der Waals surface area contributed by atoms with Gasteiger partial charge in [-0.1, -0.05) is 13.0 Å².